The molecule has 6 nitrogen and oxygen atoms in total. The van der Waals surface area contributed by atoms with Crippen LogP contribution in [0.15, 0.2) is 170 Å². The monoisotopic (exact) mass is 989 g/mol. The fourth-order valence-electron chi connectivity index (χ4n) is 6.87. The van der Waals surface area contributed by atoms with Gasteiger partial charge >= 0.3 is 17.9 Å². The molecule has 0 saturated heterocycles. The van der Waals surface area contributed by atoms with Crippen LogP contribution in [0.25, 0.3) is 0 Å². The Labute approximate surface area is 441 Å². The largest absolute Gasteiger partial charge is 0.462 e. The molecular weight excluding hydrogens is 889 g/mol. The Kier molecular flexibility index (Phi) is 54.1. The number of esters is 3. The summed E-state index contributed by atoms with van der Waals surface area (Å²) in [4.78, 5) is 38.2. The van der Waals surface area contributed by atoms with Crippen LogP contribution >= 0.6 is 0 Å². The highest BCUT2D eigenvalue weighted by Gasteiger charge is 2.19. The summed E-state index contributed by atoms with van der Waals surface area (Å²) in [5, 5.41) is 0. The van der Waals surface area contributed by atoms with E-state index in [2.05, 4.69) is 191 Å². The van der Waals surface area contributed by atoms with Crippen LogP contribution in [0.3, 0.4) is 0 Å². The van der Waals surface area contributed by atoms with E-state index in [1.807, 2.05) is 0 Å². The number of ether oxygens (including phenoxy) is 3. The summed E-state index contributed by atoms with van der Waals surface area (Å²) in [6.45, 7) is 6.25. The van der Waals surface area contributed by atoms with Crippen molar-refractivity contribution in [2.24, 2.45) is 0 Å². The van der Waals surface area contributed by atoms with Crippen molar-refractivity contribution in [3.8, 4) is 0 Å². The third-order valence-electron chi connectivity index (χ3n) is 11.0. The lowest BCUT2D eigenvalue weighted by molar-refractivity contribution is -0.167. The fourth-order valence-corrected chi connectivity index (χ4v) is 6.87. The molecule has 0 amide bonds. The van der Waals surface area contributed by atoms with Gasteiger partial charge in [-0.1, -0.05) is 229 Å². The van der Waals surface area contributed by atoms with Crippen LogP contribution in [0.1, 0.15) is 207 Å². The van der Waals surface area contributed by atoms with Gasteiger partial charge in [0.25, 0.3) is 0 Å². The van der Waals surface area contributed by atoms with Crippen LogP contribution in [-0.2, 0) is 28.6 Å². The molecule has 0 aromatic rings. The number of rotatable bonds is 48. The highest BCUT2D eigenvalue weighted by molar-refractivity contribution is 5.71. The first-order chi connectivity index (χ1) is 35.5. The Morgan fingerprint density at radius 3 is 1.04 bits per heavy atom. The van der Waals surface area contributed by atoms with E-state index in [9.17, 15) is 14.4 Å². The minimum absolute atomic E-state index is 0.132. The van der Waals surface area contributed by atoms with Gasteiger partial charge in [0.2, 0.25) is 0 Å². The number of hydrogen-bond donors (Lipinski definition) is 0. The van der Waals surface area contributed by atoms with Crippen LogP contribution in [0.2, 0.25) is 0 Å². The molecule has 0 aliphatic rings. The number of allylic oxidation sites excluding steroid dienone is 28. The highest BCUT2D eigenvalue weighted by Crippen LogP contribution is 2.12. The Morgan fingerprint density at radius 1 is 0.306 bits per heavy atom. The first-order valence-electron chi connectivity index (χ1n) is 28.2. The van der Waals surface area contributed by atoms with Gasteiger partial charge in [0, 0.05) is 19.3 Å². The van der Waals surface area contributed by atoms with E-state index in [0.29, 0.717) is 12.8 Å². The van der Waals surface area contributed by atoms with Gasteiger partial charge in [-0.15, -0.1) is 0 Å². The number of carbonyl (C=O) groups excluding carboxylic acids is 3. The summed E-state index contributed by atoms with van der Waals surface area (Å²) in [6, 6.07) is 0. The average Bonchev–Trinajstić information content (AvgIpc) is 3.38. The predicted octanol–water partition coefficient (Wildman–Crippen LogP) is 19.1. The lowest BCUT2D eigenvalue weighted by atomic mass is 10.1. The molecule has 0 rings (SSSR count). The molecular formula is C66H100O6. The van der Waals surface area contributed by atoms with Crippen molar-refractivity contribution in [3.05, 3.63) is 170 Å². The summed E-state index contributed by atoms with van der Waals surface area (Å²) in [6.07, 6.45) is 86.2. The minimum atomic E-state index is -0.838. The summed E-state index contributed by atoms with van der Waals surface area (Å²) in [5.41, 5.74) is 0. The van der Waals surface area contributed by atoms with Crippen molar-refractivity contribution in [2.45, 2.75) is 213 Å². The van der Waals surface area contributed by atoms with Gasteiger partial charge in [0.05, 0.1) is 0 Å². The van der Waals surface area contributed by atoms with Gasteiger partial charge < -0.3 is 14.2 Å². The third kappa shape index (κ3) is 55.7. The van der Waals surface area contributed by atoms with Gasteiger partial charge in [0.15, 0.2) is 6.10 Å². The maximum Gasteiger partial charge on any atom is 0.306 e. The summed E-state index contributed by atoms with van der Waals surface area (Å²) in [5.74, 6) is -1.06. The molecule has 0 aromatic carbocycles. The Bertz CT molecular complexity index is 1700. The molecule has 0 heterocycles. The van der Waals surface area contributed by atoms with Gasteiger partial charge in [-0.2, -0.15) is 0 Å². The quantitative estimate of drug-likeness (QED) is 0.0199. The van der Waals surface area contributed by atoms with Crippen LogP contribution in [-0.4, -0.2) is 37.2 Å². The zero-order valence-corrected chi connectivity index (χ0v) is 45.6. The standard InChI is InChI=1S/C66H100O6/c1-4-7-10-13-16-19-22-25-28-31-33-36-38-41-44-47-50-53-56-59-65(68)71-62-63(61-70-64(67)58-55-52-49-46-43-40-37-34-30-27-24-21-18-15-12-9-6-3)72-66(69)60-57-54-51-48-45-42-39-35-32-29-26-23-20-17-14-11-8-5-2/h7,9-10,12,16-21,23,25-30,32-33,35-37,39-41,44,46,49,63H,4-6,8,11,13-15,22,24,31,34,38,42-43,45,47-48,50-62H2,1-3H3/b10-7-,12-9-,19-16-,20-17-,21-18-,26-23-,28-25-,30-27-,32-29-,36-33-,39-35-,40-37-,44-41-,49-46-. The van der Waals surface area contributed by atoms with Crippen molar-refractivity contribution >= 4 is 17.9 Å². The topological polar surface area (TPSA) is 78.9 Å². The van der Waals surface area contributed by atoms with Crippen molar-refractivity contribution in [2.75, 3.05) is 13.2 Å². The summed E-state index contributed by atoms with van der Waals surface area (Å²) >= 11 is 0. The fraction of sp³-hybridized carbons (Fsp3) is 0.530. The van der Waals surface area contributed by atoms with E-state index in [4.69, 9.17) is 14.2 Å². The highest BCUT2D eigenvalue weighted by atomic mass is 16.6. The van der Waals surface area contributed by atoms with Crippen molar-refractivity contribution in [1.29, 1.82) is 0 Å². The van der Waals surface area contributed by atoms with E-state index in [1.165, 1.54) is 19.3 Å². The van der Waals surface area contributed by atoms with Gasteiger partial charge in [-0.05, 0) is 128 Å². The Hall–Kier alpha value is -5.23. The molecule has 400 valence electrons. The molecule has 0 N–H and O–H groups in total. The van der Waals surface area contributed by atoms with Crippen molar-refractivity contribution in [1.82, 2.24) is 0 Å². The second kappa shape index (κ2) is 58.3. The van der Waals surface area contributed by atoms with Crippen LogP contribution in [0.5, 0.6) is 0 Å². The molecule has 0 aliphatic heterocycles. The molecule has 0 saturated carbocycles. The molecule has 1 unspecified atom stereocenters. The van der Waals surface area contributed by atoms with E-state index < -0.39 is 6.10 Å². The van der Waals surface area contributed by atoms with Crippen molar-refractivity contribution < 1.29 is 28.6 Å². The normalized spacial score (nSPS) is 13.4. The molecule has 6 heteroatoms. The van der Waals surface area contributed by atoms with E-state index in [-0.39, 0.29) is 44.0 Å². The first kappa shape index (κ1) is 66.8. The lowest BCUT2D eigenvalue weighted by Gasteiger charge is -2.18. The average molecular weight is 990 g/mol. The summed E-state index contributed by atoms with van der Waals surface area (Å²) in [7, 11) is 0. The molecule has 1 atom stereocenters. The Balaban J connectivity index is 4.64. The zero-order valence-electron chi connectivity index (χ0n) is 45.6. The minimum Gasteiger partial charge on any atom is -0.462 e. The Morgan fingerprint density at radius 2 is 0.611 bits per heavy atom. The number of unbranched alkanes of at least 4 members (excludes halogenated alkanes) is 12. The predicted molar refractivity (Wildman–Crippen MR) is 311 cm³/mol. The third-order valence-corrected chi connectivity index (χ3v) is 11.0. The van der Waals surface area contributed by atoms with Crippen molar-refractivity contribution in [3.63, 3.8) is 0 Å². The number of hydrogen-bond acceptors (Lipinski definition) is 6. The lowest BCUT2D eigenvalue weighted by Crippen LogP contribution is -2.30. The first-order valence-corrected chi connectivity index (χ1v) is 28.2. The van der Waals surface area contributed by atoms with Gasteiger partial charge in [-0.3, -0.25) is 14.4 Å². The van der Waals surface area contributed by atoms with Gasteiger partial charge in [-0.25, -0.2) is 0 Å². The zero-order chi connectivity index (χ0) is 52.2. The molecule has 72 heavy (non-hydrogen) atoms. The maximum atomic E-state index is 12.9. The van der Waals surface area contributed by atoms with E-state index in [0.717, 1.165) is 141 Å². The molecule has 0 aliphatic carbocycles. The number of carbonyl (C=O) groups is 3. The molecule has 0 spiro atoms. The summed E-state index contributed by atoms with van der Waals surface area (Å²) < 4.78 is 16.8. The van der Waals surface area contributed by atoms with Crippen LogP contribution < -0.4 is 0 Å². The van der Waals surface area contributed by atoms with Crippen LogP contribution in [0, 0.1) is 0 Å². The molecule has 0 fully saturated rings. The second-order valence-electron chi connectivity index (χ2n) is 17.8. The smallest absolute Gasteiger partial charge is 0.306 e. The molecule has 0 aromatic heterocycles. The van der Waals surface area contributed by atoms with Crippen LogP contribution in [0.4, 0.5) is 0 Å². The van der Waals surface area contributed by atoms with Gasteiger partial charge in [0.1, 0.15) is 13.2 Å². The molecule has 0 radical (unpaired) electrons. The second-order valence-corrected chi connectivity index (χ2v) is 17.8. The van der Waals surface area contributed by atoms with E-state index >= 15 is 0 Å². The molecule has 0 bridgehead atoms. The maximum absolute atomic E-state index is 12.9. The SMILES string of the molecule is CC/C=C\C/C=C\C/C=C\C/C=C\C/C=C\CCCCCC(=O)OCC(COC(=O)CCC/C=C\C/C=C\C/C=C\C/C=C\C/C=C\CC)OC(=O)CCCCCCC\C=C/C=C\C=C/C=C\CCCCC. The van der Waals surface area contributed by atoms with E-state index in [1.54, 1.807) is 0 Å².